The van der Waals surface area contributed by atoms with Crippen molar-refractivity contribution in [3.63, 3.8) is 0 Å². The number of piperazine rings is 1. The molecule has 8 heteroatoms. The molecule has 0 radical (unpaired) electrons. The summed E-state index contributed by atoms with van der Waals surface area (Å²) in [7, 11) is 0. The summed E-state index contributed by atoms with van der Waals surface area (Å²) in [5, 5.41) is 9.95. The van der Waals surface area contributed by atoms with Crippen molar-refractivity contribution in [2.75, 3.05) is 13.1 Å². The average molecular weight is 375 g/mol. The quantitative estimate of drug-likeness (QED) is 0.888. The summed E-state index contributed by atoms with van der Waals surface area (Å²) >= 11 is 1.20. The molecule has 138 valence electrons. The number of aromatic carboxylic acids is 1. The summed E-state index contributed by atoms with van der Waals surface area (Å²) < 4.78 is 5.43. The number of pyridine rings is 1. The van der Waals surface area contributed by atoms with E-state index < -0.39 is 11.6 Å². The zero-order valence-corrected chi connectivity index (χ0v) is 15.7. The second-order valence-corrected chi connectivity index (χ2v) is 8.84. The van der Waals surface area contributed by atoms with Crippen LogP contribution in [0.3, 0.4) is 0 Å². The Bertz CT molecular complexity index is 888. The van der Waals surface area contributed by atoms with Gasteiger partial charge in [-0.05, 0) is 32.9 Å². The van der Waals surface area contributed by atoms with E-state index in [9.17, 15) is 9.59 Å². The first-order valence-electron chi connectivity index (χ1n) is 8.58. The van der Waals surface area contributed by atoms with E-state index >= 15 is 0 Å². The molecule has 2 saturated heterocycles. The number of amides is 1. The molecule has 0 aromatic carbocycles. The van der Waals surface area contributed by atoms with Crippen LogP contribution in [-0.2, 0) is 11.3 Å². The standard InChI is InChI=1S/C18H21N3O4S/c1-18(2,3)25-17(24)21-9-12-13(21)8-20(12)7-11-5-4-10-6-14(16(22)23)26-15(10)19-11/h4-6,12-13H,7-9H2,1-3H3,(H,22,23)/t12-,13?/m0/s1. The van der Waals surface area contributed by atoms with Gasteiger partial charge in [0.2, 0.25) is 0 Å². The van der Waals surface area contributed by atoms with E-state index in [-0.39, 0.29) is 12.1 Å². The molecular weight excluding hydrogens is 354 g/mol. The Morgan fingerprint density at radius 2 is 2.08 bits per heavy atom. The Labute approximate surface area is 155 Å². The van der Waals surface area contributed by atoms with Gasteiger partial charge in [-0.2, -0.15) is 0 Å². The molecule has 0 aliphatic carbocycles. The van der Waals surface area contributed by atoms with Crippen LogP contribution in [0.15, 0.2) is 18.2 Å². The number of hydrogen-bond acceptors (Lipinski definition) is 6. The summed E-state index contributed by atoms with van der Waals surface area (Å²) in [6.07, 6.45) is -0.238. The van der Waals surface area contributed by atoms with Gasteiger partial charge < -0.3 is 14.7 Å². The molecule has 0 saturated carbocycles. The number of nitrogens with zero attached hydrogens (tertiary/aromatic N) is 3. The number of ether oxygens (including phenoxy) is 1. The minimum atomic E-state index is -0.920. The van der Waals surface area contributed by atoms with Gasteiger partial charge in [0, 0.05) is 31.1 Å². The van der Waals surface area contributed by atoms with Crippen LogP contribution in [0.25, 0.3) is 10.2 Å². The summed E-state index contributed by atoms with van der Waals surface area (Å²) in [5.41, 5.74) is 0.450. The number of rotatable bonds is 3. The third-order valence-electron chi connectivity index (χ3n) is 4.76. The molecule has 1 N–H and O–H groups in total. The van der Waals surface area contributed by atoms with Gasteiger partial charge in [-0.3, -0.25) is 4.90 Å². The van der Waals surface area contributed by atoms with Crippen LogP contribution < -0.4 is 0 Å². The van der Waals surface area contributed by atoms with Crippen molar-refractivity contribution in [2.24, 2.45) is 0 Å². The molecule has 2 fully saturated rings. The number of carboxylic acids is 1. The van der Waals surface area contributed by atoms with Gasteiger partial charge in [0.1, 0.15) is 15.3 Å². The molecule has 7 nitrogen and oxygen atoms in total. The zero-order valence-electron chi connectivity index (χ0n) is 14.9. The van der Waals surface area contributed by atoms with Crippen molar-refractivity contribution in [3.05, 3.63) is 28.8 Å². The van der Waals surface area contributed by atoms with Gasteiger partial charge in [-0.25, -0.2) is 14.6 Å². The highest BCUT2D eigenvalue weighted by atomic mass is 32.1. The smallest absolute Gasteiger partial charge is 0.410 e. The Morgan fingerprint density at radius 3 is 2.69 bits per heavy atom. The summed E-state index contributed by atoms with van der Waals surface area (Å²) in [6, 6.07) is 6.11. The first-order valence-corrected chi connectivity index (χ1v) is 9.39. The molecule has 2 atom stereocenters. The van der Waals surface area contributed by atoms with Crippen LogP contribution in [0.1, 0.15) is 36.1 Å². The van der Waals surface area contributed by atoms with Gasteiger partial charge in [-0.1, -0.05) is 6.07 Å². The van der Waals surface area contributed by atoms with E-state index in [2.05, 4.69) is 9.88 Å². The van der Waals surface area contributed by atoms with E-state index in [4.69, 9.17) is 9.84 Å². The van der Waals surface area contributed by atoms with E-state index in [0.29, 0.717) is 24.0 Å². The first kappa shape index (κ1) is 17.2. The van der Waals surface area contributed by atoms with Crippen molar-refractivity contribution in [1.29, 1.82) is 0 Å². The number of carboxylic acid groups (broad SMARTS) is 1. The number of hydrogen-bond donors (Lipinski definition) is 1. The summed E-state index contributed by atoms with van der Waals surface area (Å²) in [4.78, 5) is 32.9. The molecular formula is C18H21N3O4S. The number of aromatic nitrogens is 1. The highest BCUT2D eigenvalue weighted by Crippen LogP contribution is 2.35. The van der Waals surface area contributed by atoms with E-state index in [1.165, 1.54) is 11.3 Å². The van der Waals surface area contributed by atoms with Gasteiger partial charge in [0.15, 0.2) is 0 Å². The average Bonchev–Trinajstić information content (AvgIpc) is 2.93. The monoisotopic (exact) mass is 375 g/mol. The first-order chi connectivity index (χ1) is 12.2. The van der Waals surface area contributed by atoms with Crippen LogP contribution in [0, 0.1) is 0 Å². The van der Waals surface area contributed by atoms with Crippen LogP contribution >= 0.6 is 11.3 Å². The maximum Gasteiger partial charge on any atom is 0.410 e. The lowest BCUT2D eigenvalue weighted by molar-refractivity contribution is -0.124. The van der Waals surface area contributed by atoms with E-state index in [1.54, 1.807) is 11.0 Å². The van der Waals surface area contributed by atoms with Crippen LogP contribution in [-0.4, -0.2) is 62.7 Å². The Hall–Kier alpha value is -2.19. The molecule has 0 spiro atoms. The maximum absolute atomic E-state index is 12.1. The molecule has 2 aliphatic rings. The lowest BCUT2D eigenvalue weighted by Crippen LogP contribution is -2.79. The third-order valence-corrected chi connectivity index (χ3v) is 5.80. The van der Waals surface area contributed by atoms with Gasteiger partial charge in [-0.15, -0.1) is 11.3 Å². The largest absolute Gasteiger partial charge is 0.477 e. The molecule has 26 heavy (non-hydrogen) atoms. The molecule has 2 aliphatic heterocycles. The molecule has 4 rings (SSSR count). The van der Waals surface area contributed by atoms with Crippen molar-refractivity contribution in [2.45, 2.75) is 45.0 Å². The molecule has 1 unspecified atom stereocenters. The van der Waals surface area contributed by atoms with E-state index in [1.807, 2.05) is 32.9 Å². The van der Waals surface area contributed by atoms with Crippen molar-refractivity contribution in [1.82, 2.24) is 14.8 Å². The fraction of sp³-hybridized carbons (Fsp3) is 0.500. The molecule has 0 bridgehead atoms. The van der Waals surface area contributed by atoms with Crippen LogP contribution in [0.4, 0.5) is 4.79 Å². The fourth-order valence-electron chi connectivity index (χ4n) is 3.41. The lowest BCUT2D eigenvalue weighted by Gasteiger charge is -2.61. The maximum atomic E-state index is 12.1. The second-order valence-electron chi connectivity index (χ2n) is 7.81. The summed E-state index contributed by atoms with van der Waals surface area (Å²) in [5.74, 6) is -0.920. The number of fused-ring (bicyclic) bond motifs is 2. The molecule has 4 heterocycles. The fourth-order valence-corrected chi connectivity index (χ4v) is 4.30. The minimum Gasteiger partial charge on any atom is -0.477 e. The predicted molar refractivity (Wildman–Crippen MR) is 97.5 cm³/mol. The van der Waals surface area contributed by atoms with Crippen LogP contribution in [0.5, 0.6) is 0 Å². The zero-order chi connectivity index (χ0) is 18.6. The van der Waals surface area contributed by atoms with Crippen molar-refractivity contribution < 1.29 is 19.4 Å². The number of carbonyl (C=O) groups is 2. The van der Waals surface area contributed by atoms with Gasteiger partial charge in [0.25, 0.3) is 0 Å². The van der Waals surface area contributed by atoms with Crippen molar-refractivity contribution >= 4 is 33.6 Å². The number of thiophene rings is 1. The highest BCUT2D eigenvalue weighted by Gasteiger charge is 2.54. The number of carbonyl (C=O) groups excluding carboxylic acids is 1. The Morgan fingerprint density at radius 1 is 1.31 bits per heavy atom. The Kier molecular flexibility index (Phi) is 3.92. The SMILES string of the molecule is CC(C)(C)OC(=O)N1C[C@H]2C1CN2Cc1ccc2cc(C(=O)O)sc2n1. The molecule has 2 aromatic heterocycles. The molecule has 2 aromatic rings. The normalized spacial score (nSPS) is 22.5. The van der Waals surface area contributed by atoms with E-state index in [0.717, 1.165) is 22.5 Å². The summed E-state index contributed by atoms with van der Waals surface area (Å²) in [6.45, 7) is 7.82. The van der Waals surface area contributed by atoms with Gasteiger partial charge >= 0.3 is 12.1 Å². The third kappa shape index (κ3) is 3.03. The number of likely N-dealkylation sites (tertiary alicyclic amines) is 2. The highest BCUT2D eigenvalue weighted by molar-refractivity contribution is 7.20. The predicted octanol–water partition coefficient (Wildman–Crippen LogP) is 2.80. The second kappa shape index (κ2) is 5.92. The lowest BCUT2D eigenvalue weighted by atomic mass is 9.86. The molecule has 1 amide bonds. The van der Waals surface area contributed by atoms with Crippen molar-refractivity contribution in [3.8, 4) is 0 Å². The van der Waals surface area contributed by atoms with Crippen LogP contribution in [0.2, 0.25) is 0 Å². The topological polar surface area (TPSA) is 83.0 Å². The Balaban J connectivity index is 1.37. The minimum absolute atomic E-state index is 0.230. The van der Waals surface area contributed by atoms with Gasteiger partial charge in [0.05, 0.1) is 11.7 Å².